The Kier molecular flexibility index (Phi) is 3.81. The van der Waals surface area contributed by atoms with Crippen LogP contribution < -0.4 is 11.1 Å². The second-order valence-corrected chi connectivity index (χ2v) is 5.44. The van der Waals surface area contributed by atoms with Gasteiger partial charge in [0.2, 0.25) is 5.91 Å². The maximum absolute atomic E-state index is 12.4. The Labute approximate surface area is 113 Å². The van der Waals surface area contributed by atoms with E-state index in [0.29, 0.717) is 10.7 Å². The topological polar surface area (TPSA) is 55.1 Å². The Bertz CT molecular complexity index is 453. The minimum Gasteiger partial charge on any atom is -0.398 e. The van der Waals surface area contributed by atoms with Crippen LogP contribution in [0.15, 0.2) is 18.2 Å². The maximum atomic E-state index is 12.4. The number of benzene rings is 1. The van der Waals surface area contributed by atoms with E-state index >= 15 is 0 Å². The van der Waals surface area contributed by atoms with Crippen molar-refractivity contribution in [2.75, 3.05) is 11.1 Å². The average molecular weight is 267 g/mol. The fourth-order valence-corrected chi connectivity index (χ4v) is 2.84. The lowest BCUT2D eigenvalue weighted by molar-refractivity contribution is -0.125. The second-order valence-electron chi connectivity index (χ2n) is 5.03. The molecule has 1 aromatic carbocycles. The summed E-state index contributed by atoms with van der Waals surface area (Å²) in [5.41, 5.74) is 6.71. The van der Waals surface area contributed by atoms with Crippen molar-refractivity contribution in [3.8, 4) is 0 Å². The molecule has 1 amide bonds. The summed E-state index contributed by atoms with van der Waals surface area (Å²) >= 11 is 5.95. The number of carbonyl (C=O) groups excluding carboxylic acids is 1. The summed E-state index contributed by atoms with van der Waals surface area (Å²) in [7, 11) is 0. The third-order valence-electron chi connectivity index (χ3n) is 3.98. The fraction of sp³-hybridized carbons (Fsp3) is 0.500. The van der Waals surface area contributed by atoms with Crippen molar-refractivity contribution in [1.29, 1.82) is 0 Å². The van der Waals surface area contributed by atoms with Crippen LogP contribution in [0.3, 0.4) is 0 Å². The monoisotopic (exact) mass is 266 g/mol. The molecule has 0 unspecified atom stereocenters. The number of halogens is 1. The third-order valence-corrected chi connectivity index (χ3v) is 4.30. The standard InChI is InChI=1S/C14H19ClN2O/c1-2-14(7-3-4-8-14)13(18)17-10-5-6-12(16)11(15)9-10/h5-6,9H,2-4,7-8,16H2,1H3,(H,17,18). The molecule has 3 nitrogen and oxygen atoms in total. The zero-order valence-electron chi connectivity index (χ0n) is 10.6. The van der Waals surface area contributed by atoms with Gasteiger partial charge in [0.05, 0.1) is 10.7 Å². The molecule has 0 aliphatic heterocycles. The van der Waals surface area contributed by atoms with Gasteiger partial charge in [-0.25, -0.2) is 0 Å². The van der Waals surface area contributed by atoms with Crippen molar-refractivity contribution < 1.29 is 4.79 Å². The molecule has 1 saturated carbocycles. The van der Waals surface area contributed by atoms with Gasteiger partial charge in [0.1, 0.15) is 0 Å². The highest BCUT2D eigenvalue weighted by atomic mass is 35.5. The molecule has 1 aromatic rings. The Balaban J connectivity index is 2.13. The molecule has 1 aliphatic rings. The molecule has 2 rings (SSSR count). The van der Waals surface area contributed by atoms with Crippen LogP contribution in [0.4, 0.5) is 11.4 Å². The smallest absolute Gasteiger partial charge is 0.230 e. The summed E-state index contributed by atoms with van der Waals surface area (Å²) in [5, 5.41) is 3.44. The van der Waals surface area contributed by atoms with Crippen LogP contribution in [0.5, 0.6) is 0 Å². The Morgan fingerprint density at radius 2 is 2.11 bits per heavy atom. The summed E-state index contributed by atoms with van der Waals surface area (Å²) in [6, 6.07) is 5.20. The van der Waals surface area contributed by atoms with Crippen LogP contribution >= 0.6 is 11.6 Å². The first-order valence-corrected chi connectivity index (χ1v) is 6.82. The first-order chi connectivity index (χ1) is 8.57. The van der Waals surface area contributed by atoms with E-state index in [9.17, 15) is 4.79 Å². The molecular formula is C14H19ClN2O. The van der Waals surface area contributed by atoms with Gasteiger partial charge in [-0.3, -0.25) is 4.79 Å². The highest BCUT2D eigenvalue weighted by Gasteiger charge is 2.39. The molecule has 0 bridgehead atoms. The van der Waals surface area contributed by atoms with Crippen molar-refractivity contribution in [3.63, 3.8) is 0 Å². The van der Waals surface area contributed by atoms with Crippen LogP contribution in [-0.2, 0) is 4.79 Å². The lowest BCUT2D eigenvalue weighted by Crippen LogP contribution is -2.33. The number of rotatable bonds is 3. The quantitative estimate of drug-likeness (QED) is 0.817. The van der Waals surface area contributed by atoms with E-state index in [-0.39, 0.29) is 11.3 Å². The van der Waals surface area contributed by atoms with E-state index in [4.69, 9.17) is 17.3 Å². The van der Waals surface area contributed by atoms with Crippen LogP contribution in [0.25, 0.3) is 0 Å². The summed E-state index contributed by atoms with van der Waals surface area (Å²) in [4.78, 5) is 12.4. The molecule has 98 valence electrons. The fourth-order valence-electron chi connectivity index (χ4n) is 2.66. The number of amides is 1. The Morgan fingerprint density at radius 1 is 1.44 bits per heavy atom. The number of nitrogens with two attached hydrogens (primary N) is 1. The first-order valence-electron chi connectivity index (χ1n) is 6.44. The summed E-state index contributed by atoms with van der Waals surface area (Å²) in [6.07, 6.45) is 5.14. The van der Waals surface area contributed by atoms with Crippen LogP contribution in [0.1, 0.15) is 39.0 Å². The zero-order valence-corrected chi connectivity index (χ0v) is 11.4. The average Bonchev–Trinajstić information content (AvgIpc) is 2.84. The van der Waals surface area contributed by atoms with E-state index in [1.54, 1.807) is 18.2 Å². The molecule has 0 aromatic heterocycles. The summed E-state index contributed by atoms with van der Waals surface area (Å²) in [5.74, 6) is 0.114. The molecule has 0 atom stereocenters. The Morgan fingerprint density at radius 3 is 2.67 bits per heavy atom. The maximum Gasteiger partial charge on any atom is 0.230 e. The molecule has 0 heterocycles. The molecule has 0 saturated heterocycles. The normalized spacial score (nSPS) is 17.7. The van der Waals surface area contributed by atoms with Crippen LogP contribution in [0, 0.1) is 5.41 Å². The minimum atomic E-state index is -0.187. The number of nitrogen functional groups attached to an aromatic ring is 1. The summed E-state index contributed by atoms with van der Waals surface area (Å²) < 4.78 is 0. The molecule has 4 heteroatoms. The van der Waals surface area contributed by atoms with Crippen LogP contribution in [-0.4, -0.2) is 5.91 Å². The van der Waals surface area contributed by atoms with Gasteiger partial charge >= 0.3 is 0 Å². The van der Waals surface area contributed by atoms with Crippen molar-refractivity contribution in [2.45, 2.75) is 39.0 Å². The van der Waals surface area contributed by atoms with Gasteiger partial charge in [-0.1, -0.05) is 31.4 Å². The van der Waals surface area contributed by atoms with Crippen LogP contribution in [0.2, 0.25) is 5.02 Å². The zero-order chi connectivity index (χ0) is 13.2. The van der Waals surface area contributed by atoms with Crippen molar-refractivity contribution >= 4 is 28.9 Å². The number of hydrogen-bond donors (Lipinski definition) is 2. The molecule has 18 heavy (non-hydrogen) atoms. The van der Waals surface area contributed by atoms with Gasteiger partial charge in [0, 0.05) is 11.1 Å². The predicted molar refractivity (Wildman–Crippen MR) is 75.7 cm³/mol. The SMILES string of the molecule is CCC1(C(=O)Nc2ccc(N)c(Cl)c2)CCCC1. The van der Waals surface area contributed by atoms with E-state index in [2.05, 4.69) is 12.2 Å². The predicted octanol–water partition coefficient (Wildman–Crippen LogP) is 3.83. The molecule has 1 aliphatic carbocycles. The number of anilines is 2. The number of nitrogens with one attached hydrogen (secondary N) is 1. The lowest BCUT2D eigenvalue weighted by Gasteiger charge is -2.26. The third kappa shape index (κ3) is 2.46. The molecule has 0 radical (unpaired) electrons. The van der Waals surface area contributed by atoms with E-state index < -0.39 is 0 Å². The molecule has 3 N–H and O–H groups in total. The molecule has 1 fully saturated rings. The van der Waals surface area contributed by atoms with Crippen molar-refractivity contribution in [2.24, 2.45) is 5.41 Å². The largest absolute Gasteiger partial charge is 0.398 e. The first kappa shape index (κ1) is 13.2. The second kappa shape index (κ2) is 5.19. The van der Waals surface area contributed by atoms with Gasteiger partial charge in [0.25, 0.3) is 0 Å². The van der Waals surface area contributed by atoms with Gasteiger partial charge < -0.3 is 11.1 Å². The van der Waals surface area contributed by atoms with E-state index in [1.165, 1.54) is 0 Å². The number of hydrogen-bond acceptors (Lipinski definition) is 2. The van der Waals surface area contributed by atoms with E-state index in [0.717, 1.165) is 37.8 Å². The van der Waals surface area contributed by atoms with Gasteiger partial charge in [-0.05, 0) is 37.5 Å². The van der Waals surface area contributed by atoms with E-state index in [1.807, 2.05) is 0 Å². The van der Waals surface area contributed by atoms with Gasteiger partial charge in [-0.2, -0.15) is 0 Å². The van der Waals surface area contributed by atoms with Gasteiger partial charge in [-0.15, -0.1) is 0 Å². The number of carbonyl (C=O) groups is 1. The minimum absolute atomic E-state index is 0.114. The molecular weight excluding hydrogens is 248 g/mol. The Hall–Kier alpha value is -1.22. The highest BCUT2D eigenvalue weighted by molar-refractivity contribution is 6.33. The summed E-state index contributed by atoms with van der Waals surface area (Å²) in [6.45, 7) is 2.08. The lowest BCUT2D eigenvalue weighted by atomic mass is 9.82. The van der Waals surface area contributed by atoms with Gasteiger partial charge in [0.15, 0.2) is 0 Å². The highest BCUT2D eigenvalue weighted by Crippen LogP contribution is 2.42. The van der Waals surface area contributed by atoms with Crippen molar-refractivity contribution in [3.05, 3.63) is 23.2 Å². The van der Waals surface area contributed by atoms with Crippen molar-refractivity contribution in [1.82, 2.24) is 0 Å². The molecule has 0 spiro atoms.